The van der Waals surface area contributed by atoms with Gasteiger partial charge in [0.05, 0.1) is 11.9 Å². The summed E-state index contributed by atoms with van der Waals surface area (Å²) in [4.78, 5) is 13.4. The molecule has 4 heterocycles. The summed E-state index contributed by atoms with van der Waals surface area (Å²) < 4.78 is 2.03. The minimum absolute atomic E-state index is 0.560. The number of H-pyrrole nitrogens is 1. The number of hydrogen-bond donors (Lipinski definition) is 1. The fourth-order valence-corrected chi connectivity index (χ4v) is 2.80. The molecule has 6 nitrogen and oxygen atoms in total. The third-order valence-electron chi connectivity index (χ3n) is 4.18. The van der Waals surface area contributed by atoms with E-state index in [1.54, 1.807) is 12.4 Å². The van der Waals surface area contributed by atoms with E-state index in [0.717, 1.165) is 28.1 Å². The first-order chi connectivity index (χ1) is 11.4. The number of hydrogen-bond acceptors (Lipinski definition) is 4. The van der Waals surface area contributed by atoms with E-state index in [9.17, 15) is 0 Å². The van der Waals surface area contributed by atoms with Gasteiger partial charge in [-0.2, -0.15) is 5.10 Å². The van der Waals surface area contributed by atoms with Crippen LogP contribution in [0.1, 0.15) is 24.6 Å². The van der Waals surface area contributed by atoms with Crippen molar-refractivity contribution >= 4 is 11.0 Å². The molecule has 0 atom stereocenters. The van der Waals surface area contributed by atoms with Crippen molar-refractivity contribution in [2.45, 2.75) is 18.8 Å². The molecule has 23 heavy (non-hydrogen) atoms. The molecule has 0 aromatic carbocycles. The molecule has 0 spiro atoms. The Balaban J connectivity index is 1.59. The summed E-state index contributed by atoms with van der Waals surface area (Å²) in [5, 5.41) is 8.48. The van der Waals surface area contributed by atoms with Crippen LogP contribution in [0.4, 0.5) is 0 Å². The van der Waals surface area contributed by atoms with Crippen LogP contribution in [0.5, 0.6) is 0 Å². The second-order valence-corrected chi connectivity index (χ2v) is 5.85. The fourth-order valence-electron chi connectivity index (χ4n) is 2.80. The third kappa shape index (κ3) is 2.11. The molecular weight excluding hydrogens is 288 g/mol. The molecule has 0 saturated heterocycles. The van der Waals surface area contributed by atoms with Crippen molar-refractivity contribution in [2.24, 2.45) is 0 Å². The average Bonchev–Trinajstić information content (AvgIpc) is 3.18. The van der Waals surface area contributed by atoms with E-state index in [4.69, 9.17) is 0 Å². The van der Waals surface area contributed by atoms with Crippen LogP contribution in [0.15, 0.2) is 49.1 Å². The summed E-state index contributed by atoms with van der Waals surface area (Å²) in [5.74, 6) is 2.24. The molecule has 6 heteroatoms. The number of aromatic amines is 1. The summed E-state index contributed by atoms with van der Waals surface area (Å²) in [5.41, 5.74) is 2.78. The van der Waals surface area contributed by atoms with Crippen LogP contribution in [0.25, 0.3) is 28.1 Å². The van der Waals surface area contributed by atoms with Gasteiger partial charge < -0.3 is 0 Å². The van der Waals surface area contributed by atoms with Crippen LogP contribution in [0.3, 0.4) is 0 Å². The van der Waals surface area contributed by atoms with E-state index in [1.165, 1.54) is 12.8 Å². The molecule has 1 fully saturated rings. The van der Waals surface area contributed by atoms with E-state index in [2.05, 4.69) is 25.1 Å². The lowest BCUT2D eigenvalue weighted by atomic mass is 10.2. The Bertz CT molecular complexity index is 995. The standard InChI is InChI=1S/C17H14N6/c1-2-12-5-7-23(17(12)19-6-1)14-8-13(9-18-10-14)16-20-15(21-22-16)11-3-4-11/h1-2,5-11H,3-4H2,(H,20,21,22). The first-order valence-corrected chi connectivity index (χ1v) is 7.69. The molecule has 0 amide bonds. The average molecular weight is 302 g/mol. The van der Waals surface area contributed by atoms with Gasteiger partial charge in [0, 0.05) is 35.5 Å². The van der Waals surface area contributed by atoms with Gasteiger partial charge in [-0.1, -0.05) is 0 Å². The Hall–Kier alpha value is -3.02. The molecular formula is C17H14N6. The fraction of sp³-hybridized carbons (Fsp3) is 0.176. The number of fused-ring (bicyclic) bond motifs is 1. The molecule has 4 aromatic rings. The van der Waals surface area contributed by atoms with Crippen molar-refractivity contribution in [1.29, 1.82) is 0 Å². The molecule has 1 saturated carbocycles. The van der Waals surface area contributed by atoms with E-state index < -0.39 is 0 Å². The van der Waals surface area contributed by atoms with E-state index in [0.29, 0.717) is 11.7 Å². The number of pyridine rings is 2. The lowest BCUT2D eigenvalue weighted by Gasteiger charge is -2.05. The summed E-state index contributed by atoms with van der Waals surface area (Å²) in [6.45, 7) is 0. The number of nitrogens with one attached hydrogen (secondary N) is 1. The van der Waals surface area contributed by atoms with Gasteiger partial charge in [-0.05, 0) is 37.1 Å². The molecule has 0 unspecified atom stereocenters. The summed E-state index contributed by atoms with van der Waals surface area (Å²) in [6.07, 6.45) is 9.83. The highest BCUT2D eigenvalue weighted by Crippen LogP contribution is 2.38. The maximum atomic E-state index is 4.60. The molecule has 0 radical (unpaired) electrons. The normalized spacial score (nSPS) is 14.4. The topological polar surface area (TPSA) is 72.3 Å². The lowest BCUT2D eigenvalue weighted by Crippen LogP contribution is -1.95. The smallest absolute Gasteiger partial charge is 0.182 e. The minimum atomic E-state index is 0.560. The number of nitrogens with zero attached hydrogens (tertiary/aromatic N) is 5. The van der Waals surface area contributed by atoms with Gasteiger partial charge in [0.1, 0.15) is 11.5 Å². The molecule has 4 aromatic heterocycles. The van der Waals surface area contributed by atoms with Gasteiger partial charge in [0.2, 0.25) is 0 Å². The van der Waals surface area contributed by atoms with Crippen molar-refractivity contribution in [1.82, 2.24) is 29.7 Å². The summed E-state index contributed by atoms with van der Waals surface area (Å²) in [6, 6.07) is 8.08. The van der Waals surface area contributed by atoms with Crippen LogP contribution < -0.4 is 0 Å². The van der Waals surface area contributed by atoms with Gasteiger partial charge in [-0.25, -0.2) is 9.97 Å². The van der Waals surface area contributed by atoms with Crippen molar-refractivity contribution < 1.29 is 0 Å². The molecule has 0 bridgehead atoms. The highest BCUT2D eigenvalue weighted by molar-refractivity contribution is 5.78. The molecule has 112 valence electrons. The molecule has 1 aliphatic rings. The van der Waals surface area contributed by atoms with E-state index in [-0.39, 0.29) is 0 Å². The van der Waals surface area contributed by atoms with Crippen LogP contribution in [0.2, 0.25) is 0 Å². The molecule has 1 N–H and O–H groups in total. The maximum Gasteiger partial charge on any atom is 0.182 e. The summed E-state index contributed by atoms with van der Waals surface area (Å²) in [7, 11) is 0. The first-order valence-electron chi connectivity index (χ1n) is 7.69. The lowest BCUT2D eigenvalue weighted by molar-refractivity contribution is 0.935. The Labute approximate surface area is 132 Å². The van der Waals surface area contributed by atoms with Crippen molar-refractivity contribution in [3.63, 3.8) is 0 Å². The quantitative estimate of drug-likeness (QED) is 0.631. The predicted octanol–water partition coefficient (Wildman–Crippen LogP) is 3.08. The van der Waals surface area contributed by atoms with Gasteiger partial charge in [-0.15, -0.1) is 0 Å². The largest absolute Gasteiger partial charge is 0.300 e. The zero-order valence-corrected chi connectivity index (χ0v) is 12.3. The highest BCUT2D eigenvalue weighted by Gasteiger charge is 2.27. The second kappa shape index (κ2) is 4.74. The van der Waals surface area contributed by atoms with Crippen LogP contribution in [-0.4, -0.2) is 29.7 Å². The predicted molar refractivity (Wildman–Crippen MR) is 86.2 cm³/mol. The number of aromatic nitrogens is 6. The van der Waals surface area contributed by atoms with Gasteiger partial charge in [-0.3, -0.25) is 14.6 Å². The monoisotopic (exact) mass is 302 g/mol. The highest BCUT2D eigenvalue weighted by atomic mass is 15.2. The zero-order valence-electron chi connectivity index (χ0n) is 12.3. The molecule has 5 rings (SSSR count). The Morgan fingerprint density at radius 3 is 3.04 bits per heavy atom. The SMILES string of the molecule is c1cnc2c(c1)ccn2-c1cncc(-c2n[nH]c(C3CC3)n2)c1. The van der Waals surface area contributed by atoms with Gasteiger partial charge >= 0.3 is 0 Å². The number of rotatable bonds is 3. The Kier molecular flexibility index (Phi) is 2.58. The Morgan fingerprint density at radius 1 is 1.17 bits per heavy atom. The van der Waals surface area contributed by atoms with Gasteiger partial charge in [0.15, 0.2) is 5.82 Å². The van der Waals surface area contributed by atoms with E-state index in [1.807, 2.05) is 41.2 Å². The third-order valence-corrected chi connectivity index (χ3v) is 4.18. The van der Waals surface area contributed by atoms with Crippen molar-refractivity contribution in [2.75, 3.05) is 0 Å². The Morgan fingerprint density at radius 2 is 2.13 bits per heavy atom. The molecule has 1 aliphatic carbocycles. The van der Waals surface area contributed by atoms with Crippen LogP contribution in [-0.2, 0) is 0 Å². The van der Waals surface area contributed by atoms with Crippen LogP contribution in [0, 0.1) is 0 Å². The van der Waals surface area contributed by atoms with Crippen molar-refractivity contribution in [3.05, 3.63) is 54.9 Å². The first kappa shape index (κ1) is 12.5. The summed E-state index contributed by atoms with van der Waals surface area (Å²) >= 11 is 0. The van der Waals surface area contributed by atoms with Gasteiger partial charge in [0.25, 0.3) is 0 Å². The van der Waals surface area contributed by atoms with E-state index >= 15 is 0 Å². The zero-order chi connectivity index (χ0) is 15.2. The maximum absolute atomic E-state index is 4.60. The second-order valence-electron chi connectivity index (χ2n) is 5.85. The molecule has 0 aliphatic heterocycles. The van der Waals surface area contributed by atoms with Crippen LogP contribution >= 0.6 is 0 Å². The van der Waals surface area contributed by atoms with Crippen molar-refractivity contribution in [3.8, 4) is 17.1 Å². The minimum Gasteiger partial charge on any atom is -0.300 e.